The zero-order valence-corrected chi connectivity index (χ0v) is 17.0. The highest BCUT2D eigenvalue weighted by molar-refractivity contribution is 5.85. The summed E-state index contributed by atoms with van der Waals surface area (Å²) in [5, 5.41) is 15.1. The number of halogens is 1. The van der Waals surface area contributed by atoms with Crippen molar-refractivity contribution in [3.63, 3.8) is 0 Å². The topological polar surface area (TPSA) is 83.3 Å². The molecule has 0 amide bonds. The first kappa shape index (κ1) is 21.0. The Morgan fingerprint density at radius 2 is 2.03 bits per heavy atom. The van der Waals surface area contributed by atoms with Crippen LogP contribution < -0.4 is 14.8 Å². The van der Waals surface area contributed by atoms with E-state index in [4.69, 9.17) is 14.2 Å². The number of para-hydroxylation sites is 1. The summed E-state index contributed by atoms with van der Waals surface area (Å²) in [6, 6.07) is 15.7. The Kier molecular flexibility index (Phi) is 7.40. The summed E-state index contributed by atoms with van der Waals surface area (Å²) in [7, 11) is 1.62. The first-order valence-corrected chi connectivity index (χ1v) is 9.34. The van der Waals surface area contributed by atoms with Crippen LogP contribution in [0.3, 0.4) is 0 Å². The smallest absolute Gasteiger partial charge is 0.346 e. The number of aromatic nitrogens is 4. The van der Waals surface area contributed by atoms with Crippen molar-refractivity contribution in [1.29, 1.82) is 0 Å². The predicted molar refractivity (Wildman–Crippen MR) is 110 cm³/mol. The molecule has 3 aromatic rings. The second kappa shape index (κ2) is 10.2. The van der Waals surface area contributed by atoms with E-state index >= 15 is 0 Å². The van der Waals surface area contributed by atoms with Crippen LogP contribution in [-0.4, -0.2) is 46.6 Å². The fraction of sp³-hybridized carbons (Fsp3) is 0.350. The predicted octanol–water partition coefficient (Wildman–Crippen LogP) is 3.15. The molecule has 1 aliphatic rings. The number of nitrogens with one attached hydrogen (secondary N) is 1. The minimum absolute atomic E-state index is 0. The van der Waals surface area contributed by atoms with Crippen molar-refractivity contribution in [2.24, 2.45) is 0 Å². The number of tetrazole rings is 1. The highest BCUT2D eigenvalue weighted by Crippen LogP contribution is 2.32. The molecule has 1 saturated heterocycles. The average molecular weight is 418 g/mol. The summed E-state index contributed by atoms with van der Waals surface area (Å²) < 4.78 is 18.6. The molecule has 1 aromatic heterocycles. The van der Waals surface area contributed by atoms with E-state index in [1.54, 1.807) is 7.11 Å². The first-order chi connectivity index (χ1) is 13.8. The minimum atomic E-state index is 0. The highest BCUT2D eigenvalue weighted by Gasteiger charge is 2.16. The van der Waals surface area contributed by atoms with Crippen LogP contribution in [0.15, 0.2) is 48.5 Å². The third-order valence-electron chi connectivity index (χ3n) is 4.60. The lowest BCUT2D eigenvalue weighted by Crippen LogP contribution is -2.25. The van der Waals surface area contributed by atoms with Crippen LogP contribution >= 0.6 is 12.4 Å². The van der Waals surface area contributed by atoms with E-state index in [1.807, 2.05) is 48.5 Å². The van der Waals surface area contributed by atoms with Gasteiger partial charge < -0.3 is 19.5 Å². The van der Waals surface area contributed by atoms with Gasteiger partial charge >= 0.3 is 6.01 Å². The van der Waals surface area contributed by atoms with E-state index in [-0.39, 0.29) is 18.4 Å². The van der Waals surface area contributed by atoms with Gasteiger partial charge in [0.25, 0.3) is 0 Å². The van der Waals surface area contributed by atoms with Crippen LogP contribution in [0, 0.1) is 0 Å². The van der Waals surface area contributed by atoms with Crippen LogP contribution in [0.25, 0.3) is 5.69 Å². The number of ether oxygens (including phenoxy) is 3. The second-order valence-electron chi connectivity index (χ2n) is 6.56. The van der Waals surface area contributed by atoms with Crippen molar-refractivity contribution in [3.05, 3.63) is 54.1 Å². The minimum Gasteiger partial charge on any atom is -0.493 e. The van der Waals surface area contributed by atoms with Gasteiger partial charge in [0.05, 0.1) is 18.9 Å². The van der Waals surface area contributed by atoms with Gasteiger partial charge in [-0.3, -0.25) is 0 Å². The first-order valence-electron chi connectivity index (χ1n) is 9.34. The maximum absolute atomic E-state index is 5.93. The molecule has 4 rings (SSSR count). The lowest BCUT2D eigenvalue weighted by atomic mass is 10.2. The zero-order valence-electron chi connectivity index (χ0n) is 16.2. The Labute approximate surface area is 175 Å². The summed E-state index contributed by atoms with van der Waals surface area (Å²) in [6.45, 7) is 2.46. The van der Waals surface area contributed by atoms with Gasteiger partial charge in [0.15, 0.2) is 11.5 Å². The van der Waals surface area contributed by atoms with Crippen molar-refractivity contribution in [3.8, 4) is 23.2 Å². The van der Waals surface area contributed by atoms with Crippen molar-refractivity contribution in [1.82, 2.24) is 25.5 Å². The number of hydrogen-bond donors (Lipinski definition) is 1. The Morgan fingerprint density at radius 1 is 1.17 bits per heavy atom. The molecule has 1 fully saturated rings. The fourth-order valence-corrected chi connectivity index (χ4v) is 3.16. The molecule has 1 atom stereocenters. The van der Waals surface area contributed by atoms with Crippen molar-refractivity contribution in [2.75, 3.05) is 20.3 Å². The molecular weight excluding hydrogens is 394 g/mol. The summed E-state index contributed by atoms with van der Waals surface area (Å²) in [4.78, 5) is 0. The monoisotopic (exact) mass is 417 g/mol. The van der Waals surface area contributed by atoms with Crippen LogP contribution in [0.2, 0.25) is 0 Å². The standard InChI is InChI=1S/C20H23N5O3.ClH/c1-26-19-12-15(13-21-14-17-8-5-11-27-17)9-10-18(19)28-20-22-23-24-25(20)16-6-3-2-4-7-16;/h2-4,6-7,9-10,12,17,21H,5,8,11,13-14H2,1H3;1H. The second-order valence-corrected chi connectivity index (χ2v) is 6.56. The van der Waals surface area contributed by atoms with Crippen molar-refractivity contribution >= 4 is 12.4 Å². The van der Waals surface area contributed by atoms with Crippen LogP contribution in [0.5, 0.6) is 17.5 Å². The van der Waals surface area contributed by atoms with Crippen LogP contribution in [-0.2, 0) is 11.3 Å². The normalized spacial score (nSPS) is 15.7. The molecule has 0 spiro atoms. The van der Waals surface area contributed by atoms with Gasteiger partial charge in [-0.25, -0.2) is 0 Å². The van der Waals surface area contributed by atoms with Crippen molar-refractivity contribution < 1.29 is 14.2 Å². The maximum atomic E-state index is 5.93. The van der Waals surface area contributed by atoms with Crippen molar-refractivity contribution in [2.45, 2.75) is 25.5 Å². The van der Waals surface area contributed by atoms with Gasteiger partial charge in [-0.15, -0.1) is 12.4 Å². The molecule has 154 valence electrons. The van der Waals surface area contributed by atoms with E-state index < -0.39 is 0 Å². The molecule has 1 aliphatic heterocycles. The molecule has 2 heterocycles. The van der Waals surface area contributed by atoms with E-state index in [0.717, 1.165) is 43.8 Å². The Balaban J connectivity index is 0.00000240. The van der Waals surface area contributed by atoms with Crippen LogP contribution in [0.1, 0.15) is 18.4 Å². The third kappa shape index (κ3) is 5.23. The number of rotatable bonds is 8. The maximum Gasteiger partial charge on any atom is 0.346 e. The Morgan fingerprint density at radius 3 is 2.79 bits per heavy atom. The van der Waals surface area contributed by atoms with Gasteiger partial charge in [0, 0.05) is 19.7 Å². The summed E-state index contributed by atoms with van der Waals surface area (Å²) >= 11 is 0. The highest BCUT2D eigenvalue weighted by atomic mass is 35.5. The molecule has 0 radical (unpaired) electrons. The van der Waals surface area contributed by atoms with Gasteiger partial charge in [-0.05, 0) is 53.1 Å². The molecule has 0 aliphatic carbocycles. The van der Waals surface area contributed by atoms with Crippen LogP contribution in [0.4, 0.5) is 0 Å². The molecule has 1 N–H and O–H groups in total. The Hall–Kier alpha value is -2.68. The zero-order chi connectivity index (χ0) is 19.2. The lowest BCUT2D eigenvalue weighted by molar-refractivity contribution is 0.110. The number of hydrogen-bond acceptors (Lipinski definition) is 7. The number of methoxy groups -OCH3 is 1. The largest absolute Gasteiger partial charge is 0.493 e. The van der Waals surface area contributed by atoms with Gasteiger partial charge in [0.1, 0.15) is 0 Å². The third-order valence-corrected chi connectivity index (χ3v) is 4.60. The number of nitrogens with zero attached hydrogens (tertiary/aromatic N) is 4. The molecule has 29 heavy (non-hydrogen) atoms. The van der Waals surface area contributed by atoms with E-state index in [2.05, 4.69) is 20.8 Å². The van der Waals surface area contributed by atoms with Gasteiger partial charge in [-0.1, -0.05) is 29.4 Å². The Bertz CT molecular complexity index is 900. The molecule has 2 aromatic carbocycles. The van der Waals surface area contributed by atoms with Gasteiger partial charge in [0.2, 0.25) is 0 Å². The number of benzene rings is 2. The lowest BCUT2D eigenvalue weighted by Gasteiger charge is -2.13. The quantitative estimate of drug-likeness (QED) is 0.602. The molecular formula is C20H24ClN5O3. The SMILES string of the molecule is COc1cc(CNCC2CCCO2)ccc1Oc1nnnn1-c1ccccc1.Cl. The van der Waals surface area contributed by atoms with Gasteiger partial charge in [-0.2, -0.15) is 4.68 Å². The summed E-state index contributed by atoms with van der Waals surface area (Å²) in [5.41, 5.74) is 1.92. The molecule has 0 bridgehead atoms. The molecule has 8 nitrogen and oxygen atoms in total. The average Bonchev–Trinajstić information content (AvgIpc) is 3.42. The van der Waals surface area contributed by atoms with E-state index in [0.29, 0.717) is 17.6 Å². The summed E-state index contributed by atoms with van der Waals surface area (Å²) in [5.74, 6) is 1.18. The summed E-state index contributed by atoms with van der Waals surface area (Å²) in [6.07, 6.45) is 2.59. The molecule has 1 unspecified atom stereocenters. The molecule has 0 saturated carbocycles. The molecule has 9 heteroatoms. The fourth-order valence-electron chi connectivity index (χ4n) is 3.16. The van der Waals surface area contributed by atoms with E-state index in [9.17, 15) is 0 Å². The van der Waals surface area contributed by atoms with E-state index in [1.165, 1.54) is 4.68 Å².